The third-order valence-electron chi connectivity index (χ3n) is 10.00. The monoisotopic (exact) mass is 751 g/mol. The van der Waals surface area contributed by atoms with Crippen LogP contribution in [0.25, 0.3) is 6.08 Å². The lowest BCUT2D eigenvalue weighted by molar-refractivity contribution is -0.156. The molecule has 11 heteroatoms. The van der Waals surface area contributed by atoms with Crippen LogP contribution in [0.4, 0.5) is 10.5 Å². The van der Waals surface area contributed by atoms with Gasteiger partial charge in [0.2, 0.25) is 0 Å². The Morgan fingerprint density at radius 2 is 1.66 bits per heavy atom. The summed E-state index contributed by atoms with van der Waals surface area (Å²) in [6.07, 6.45) is 6.00. The van der Waals surface area contributed by atoms with Gasteiger partial charge in [-0.05, 0) is 95.4 Å². The van der Waals surface area contributed by atoms with Crippen molar-refractivity contribution in [2.75, 3.05) is 19.1 Å². The second-order valence-electron chi connectivity index (χ2n) is 17.1. The second-order valence-corrected chi connectivity index (χ2v) is 21.8. The van der Waals surface area contributed by atoms with E-state index < -0.39 is 50.1 Å². The molecule has 0 aromatic heterocycles. The molecule has 1 saturated heterocycles. The highest BCUT2D eigenvalue weighted by molar-refractivity contribution is 6.74. The zero-order valence-electron chi connectivity index (χ0n) is 34.2. The SMILES string of the molecule is COc1ccc(CO[C@@H]2/C=C\[C@@H](C)[C@H](C)OC(=O)c3c(cc(N(C)C(=O)OC(C)(C)C)cc3O[Si](C)(C)C(C)(C)C)/C=C/C[C@@H]3OC(C)(C)O[C@H]32)cc1. The van der Waals surface area contributed by atoms with Crippen molar-refractivity contribution in [2.45, 2.75) is 136 Å². The molecule has 0 saturated carbocycles. The van der Waals surface area contributed by atoms with Gasteiger partial charge in [-0.3, -0.25) is 4.90 Å². The number of esters is 1. The molecule has 1 fully saturated rings. The van der Waals surface area contributed by atoms with Crippen molar-refractivity contribution < 1.29 is 42.4 Å². The summed E-state index contributed by atoms with van der Waals surface area (Å²) in [7, 11) is 0.802. The number of hydrogen-bond acceptors (Lipinski definition) is 9. The van der Waals surface area contributed by atoms with E-state index >= 15 is 0 Å². The summed E-state index contributed by atoms with van der Waals surface area (Å²) in [5.41, 5.74) is 1.65. The number of anilines is 1. The summed E-state index contributed by atoms with van der Waals surface area (Å²) in [4.78, 5) is 29.0. The van der Waals surface area contributed by atoms with Crippen molar-refractivity contribution >= 4 is 32.1 Å². The minimum absolute atomic E-state index is 0.172. The topological polar surface area (TPSA) is 102 Å². The minimum atomic E-state index is -2.49. The number of amides is 1. The van der Waals surface area contributed by atoms with Gasteiger partial charge < -0.3 is 32.8 Å². The lowest BCUT2D eigenvalue weighted by Crippen LogP contribution is -2.44. The third kappa shape index (κ3) is 11.0. The fourth-order valence-electron chi connectivity index (χ4n) is 5.71. The Balaban J connectivity index is 1.81. The predicted molar refractivity (Wildman–Crippen MR) is 211 cm³/mol. The van der Waals surface area contributed by atoms with Crippen LogP contribution in [0.2, 0.25) is 18.1 Å². The van der Waals surface area contributed by atoms with Gasteiger partial charge in [-0.15, -0.1) is 0 Å². The van der Waals surface area contributed by atoms with Crippen LogP contribution in [-0.4, -0.2) is 70.3 Å². The molecule has 5 atom stereocenters. The molecule has 1 amide bonds. The van der Waals surface area contributed by atoms with Gasteiger partial charge in [0.05, 0.1) is 25.5 Å². The molecule has 2 aliphatic heterocycles. The van der Waals surface area contributed by atoms with Crippen molar-refractivity contribution in [1.29, 1.82) is 0 Å². The molecular formula is C42H61NO9Si. The average molecular weight is 752 g/mol. The molecule has 0 unspecified atom stereocenters. The van der Waals surface area contributed by atoms with E-state index in [4.69, 9.17) is 32.8 Å². The fraction of sp³-hybridized carbons (Fsp3) is 0.571. The van der Waals surface area contributed by atoms with Crippen molar-refractivity contribution in [3.63, 3.8) is 0 Å². The fourth-order valence-corrected chi connectivity index (χ4v) is 6.73. The van der Waals surface area contributed by atoms with Crippen LogP contribution in [-0.2, 0) is 30.3 Å². The first-order valence-electron chi connectivity index (χ1n) is 18.5. The van der Waals surface area contributed by atoms with Crippen molar-refractivity contribution in [3.05, 3.63) is 71.3 Å². The number of hydrogen-bond donors (Lipinski definition) is 0. The van der Waals surface area contributed by atoms with Gasteiger partial charge in [0, 0.05) is 19.0 Å². The van der Waals surface area contributed by atoms with Gasteiger partial charge in [0.1, 0.15) is 41.0 Å². The summed E-state index contributed by atoms with van der Waals surface area (Å²) in [6, 6.07) is 11.3. The van der Waals surface area contributed by atoms with Crippen LogP contribution < -0.4 is 14.1 Å². The Kier molecular flexibility index (Phi) is 13.0. The van der Waals surface area contributed by atoms with Crippen LogP contribution >= 0.6 is 0 Å². The van der Waals surface area contributed by atoms with E-state index in [9.17, 15) is 9.59 Å². The summed E-state index contributed by atoms with van der Waals surface area (Å²) >= 11 is 0. The highest BCUT2D eigenvalue weighted by atomic mass is 28.4. The lowest BCUT2D eigenvalue weighted by atomic mass is 9.98. The van der Waals surface area contributed by atoms with E-state index in [0.29, 0.717) is 35.6 Å². The van der Waals surface area contributed by atoms with Crippen LogP contribution in [0.15, 0.2) is 54.6 Å². The summed E-state index contributed by atoms with van der Waals surface area (Å²) in [6.45, 7) is 24.1. The average Bonchev–Trinajstić information content (AvgIpc) is 3.35. The molecule has 0 radical (unpaired) electrons. The predicted octanol–water partition coefficient (Wildman–Crippen LogP) is 9.71. The molecule has 0 spiro atoms. The maximum absolute atomic E-state index is 14.3. The van der Waals surface area contributed by atoms with Crippen LogP contribution in [0.5, 0.6) is 11.5 Å². The Morgan fingerprint density at radius 3 is 2.26 bits per heavy atom. The number of carbonyl (C=O) groups is 2. The number of benzene rings is 2. The van der Waals surface area contributed by atoms with Gasteiger partial charge in [-0.2, -0.15) is 0 Å². The number of carbonyl (C=O) groups excluding carboxylic acids is 2. The quantitative estimate of drug-likeness (QED) is 0.155. The number of rotatable bonds is 7. The van der Waals surface area contributed by atoms with Gasteiger partial charge in [-0.1, -0.05) is 64.1 Å². The van der Waals surface area contributed by atoms with Crippen molar-refractivity contribution in [3.8, 4) is 11.5 Å². The molecule has 53 heavy (non-hydrogen) atoms. The Bertz CT molecular complexity index is 1650. The van der Waals surface area contributed by atoms with E-state index in [2.05, 4.69) is 33.9 Å². The molecule has 2 heterocycles. The van der Waals surface area contributed by atoms with Gasteiger partial charge in [-0.25, -0.2) is 9.59 Å². The number of methoxy groups -OCH3 is 1. The number of nitrogens with zero attached hydrogens (tertiary/aromatic N) is 1. The van der Waals surface area contributed by atoms with E-state index in [0.717, 1.165) is 11.3 Å². The maximum Gasteiger partial charge on any atom is 0.414 e. The lowest BCUT2D eigenvalue weighted by Gasteiger charge is -2.37. The van der Waals surface area contributed by atoms with E-state index in [1.165, 1.54) is 4.90 Å². The van der Waals surface area contributed by atoms with Crippen molar-refractivity contribution in [2.24, 2.45) is 5.92 Å². The summed E-state index contributed by atoms with van der Waals surface area (Å²) < 4.78 is 43.6. The molecule has 2 aromatic carbocycles. The van der Waals surface area contributed by atoms with Crippen molar-refractivity contribution in [1.82, 2.24) is 0 Å². The Labute approximate surface area is 317 Å². The molecule has 0 bridgehead atoms. The van der Waals surface area contributed by atoms with Gasteiger partial charge in [0.15, 0.2) is 5.79 Å². The first-order valence-corrected chi connectivity index (χ1v) is 21.4. The highest BCUT2D eigenvalue weighted by Crippen LogP contribution is 2.41. The van der Waals surface area contributed by atoms with Crippen LogP contribution in [0.3, 0.4) is 0 Å². The summed E-state index contributed by atoms with van der Waals surface area (Å²) in [5.74, 6) is -0.404. The summed E-state index contributed by atoms with van der Waals surface area (Å²) in [5, 5.41) is -0.172. The normalized spacial score (nSPS) is 24.9. The van der Waals surface area contributed by atoms with E-state index in [1.54, 1.807) is 26.3 Å². The molecule has 0 aliphatic carbocycles. The number of cyclic esters (lactones) is 1. The molecule has 10 nitrogen and oxygen atoms in total. The van der Waals surface area contributed by atoms with Crippen LogP contribution in [0.1, 0.15) is 97.1 Å². The molecule has 4 rings (SSSR count). The third-order valence-corrected chi connectivity index (χ3v) is 14.3. The number of fused-ring (bicyclic) bond motifs is 2. The largest absolute Gasteiger partial charge is 0.543 e. The maximum atomic E-state index is 14.3. The smallest absolute Gasteiger partial charge is 0.414 e. The first-order chi connectivity index (χ1) is 24.5. The van der Waals surface area contributed by atoms with Gasteiger partial charge in [0.25, 0.3) is 8.32 Å². The molecule has 2 aromatic rings. The molecule has 0 N–H and O–H groups in total. The minimum Gasteiger partial charge on any atom is -0.543 e. The highest BCUT2D eigenvalue weighted by Gasteiger charge is 2.45. The van der Waals surface area contributed by atoms with E-state index in [-0.39, 0.29) is 17.1 Å². The molecule has 292 valence electrons. The van der Waals surface area contributed by atoms with E-state index in [1.807, 2.05) is 97.0 Å². The first kappa shape index (κ1) is 42.1. The standard InChI is InChI=1S/C42H61NO9Si/c1-27-18-23-33(47-26-29-19-21-32(46-12)22-20-29)37-34(49-42(9,10)50-37)17-15-16-30-24-31(43(11)39(45)51-40(3,4)5)25-35(36(30)38(44)48-28(27)2)52-53(13,14)41(6,7)8/h15-16,18-25,27-28,33-34,37H,17,26H2,1-14H3/b16-15+,23-18-/t27-,28+,33-,34+,37+/m1/s1. The van der Waals surface area contributed by atoms with Crippen LogP contribution in [0, 0.1) is 5.92 Å². The Morgan fingerprint density at radius 1 is 1.00 bits per heavy atom. The molecule has 2 aliphatic rings. The zero-order valence-corrected chi connectivity index (χ0v) is 35.2. The second kappa shape index (κ2) is 16.4. The Hall–Kier alpha value is -3.64. The van der Waals surface area contributed by atoms with Gasteiger partial charge >= 0.3 is 12.1 Å². The number of ether oxygens (including phenoxy) is 6. The zero-order chi connectivity index (χ0) is 39.5. The molecular weight excluding hydrogens is 691 g/mol.